The van der Waals surface area contributed by atoms with Gasteiger partial charge in [-0.25, -0.2) is 0 Å². The zero-order valence-electron chi connectivity index (χ0n) is 10.1. The molecule has 0 heterocycles. The smallest absolute Gasteiger partial charge is 0.480 e. The van der Waals surface area contributed by atoms with Crippen molar-refractivity contribution in [3.63, 3.8) is 0 Å². The minimum absolute atomic E-state index is 0. The van der Waals surface area contributed by atoms with Gasteiger partial charge < -0.3 is 15.5 Å². The molecule has 8 heteroatoms. The van der Waals surface area contributed by atoms with Gasteiger partial charge in [-0.1, -0.05) is 18.2 Å². The molecule has 0 aromatic heterocycles. The summed E-state index contributed by atoms with van der Waals surface area (Å²) in [5.74, 6) is -6.56. The fourth-order valence-electron chi connectivity index (χ4n) is 1.07. The van der Waals surface area contributed by atoms with Crippen molar-refractivity contribution in [2.24, 2.45) is 5.92 Å². The Bertz CT molecular complexity index is 410. The van der Waals surface area contributed by atoms with Gasteiger partial charge in [0.05, 0.1) is 0 Å². The Hall–Kier alpha value is 0.903. The van der Waals surface area contributed by atoms with Gasteiger partial charge in [0.25, 0.3) is 0 Å². The number of aliphatic carboxylic acids is 2. The van der Waals surface area contributed by atoms with E-state index in [1.807, 2.05) is 0 Å². The molecule has 0 aliphatic rings. The second-order valence-electron chi connectivity index (χ2n) is 2.96. The molecule has 0 saturated carbocycles. The number of para-hydroxylation sites is 1. The van der Waals surface area contributed by atoms with Gasteiger partial charge in [-0.3, -0.25) is 14.4 Å². The van der Waals surface area contributed by atoms with E-state index in [1.54, 1.807) is 18.2 Å². The molecule has 0 bridgehead atoms. The molecule has 3 N–H and O–H groups in total. The average Bonchev–Trinajstić information content (AvgIpc) is 2.17. The van der Waals surface area contributed by atoms with Crippen LogP contribution in [0.5, 0.6) is 0 Å². The molecule has 0 spiro atoms. The molecule has 0 atom stereocenters. The van der Waals surface area contributed by atoms with Gasteiger partial charge in [-0.2, -0.15) is 0 Å². The van der Waals surface area contributed by atoms with E-state index < -0.39 is 23.8 Å². The number of nitrogens with one attached hydrogen (secondary N) is 1. The maximum absolute atomic E-state index is 11.3. The summed E-state index contributed by atoms with van der Waals surface area (Å²) >= 11 is 0. The standard InChI is InChI=1S/C10H9NO5.2K/c12-8(7(9(13)14)10(15)16)11-6-4-2-1-3-5-6;;/h1-5,7H,(H,11,12)(H,13,14)(H,15,16);;/q;2*+1. The zero-order valence-corrected chi connectivity index (χ0v) is 16.3. The van der Waals surface area contributed by atoms with E-state index in [9.17, 15) is 14.4 Å². The number of amides is 1. The molecule has 0 radical (unpaired) electrons. The third-order valence-corrected chi connectivity index (χ3v) is 1.80. The molecular formula is C10H9K2NO5+2. The summed E-state index contributed by atoms with van der Waals surface area (Å²) in [6.45, 7) is 0. The van der Waals surface area contributed by atoms with Crippen molar-refractivity contribution in [1.82, 2.24) is 0 Å². The van der Waals surface area contributed by atoms with Crippen LogP contribution in [0.25, 0.3) is 0 Å². The number of rotatable bonds is 4. The van der Waals surface area contributed by atoms with Crippen molar-refractivity contribution < 1.29 is 127 Å². The topological polar surface area (TPSA) is 104 Å². The molecule has 84 valence electrons. The minimum atomic E-state index is -2.10. The molecule has 1 aromatic rings. The minimum Gasteiger partial charge on any atom is -0.480 e. The number of hydrogen-bond donors (Lipinski definition) is 3. The molecule has 1 rings (SSSR count). The quantitative estimate of drug-likeness (QED) is 0.380. The fraction of sp³-hybridized carbons (Fsp3) is 0.100. The molecular weight excluding hydrogens is 292 g/mol. The molecule has 0 saturated heterocycles. The Morgan fingerprint density at radius 3 is 1.78 bits per heavy atom. The van der Waals surface area contributed by atoms with Crippen molar-refractivity contribution in [1.29, 1.82) is 0 Å². The van der Waals surface area contributed by atoms with Crippen LogP contribution in [0.1, 0.15) is 0 Å². The number of carboxylic acid groups (broad SMARTS) is 2. The summed E-state index contributed by atoms with van der Waals surface area (Å²) in [6.07, 6.45) is 0. The van der Waals surface area contributed by atoms with Crippen LogP contribution in [0.3, 0.4) is 0 Å². The number of carboxylic acids is 2. The molecule has 0 fully saturated rings. The van der Waals surface area contributed by atoms with Crippen LogP contribution in [0.15, 0.2) is 30.3 Å². The van der Waals surface area contributed by atoms with Crippen LogP contribution >= 0.6 is 0 Å². The van der Waals surface area contributed by atoms with E-state index in [0.717, 1.165) is 0 Å². The van der Waals surface area contributed by atoms with E-state index in [-0.39, 0.29) is 103 Å². The molecule has 6 nitrogen and oxygen atoms in total. The third kappa shape index (κ3) is 6.89. The number of carbonyl (C=O) groups is 3. The van der Waals surface area contributed by atoms with Crippen LogP contribution in [-0.2, 0) is 14.4 Å². The van der Waals surface area contributed by atoms with Crippen molar-refractivity contribution in [2.75, 3.05) is 5.32 Å². The first-order valence-electron chi connectivity index (χ1n) is 4.34. The van der Waals surface area contributed by atoms with Gasteiger partial charge in [0.1, 0.15) is 0 Å². The SMILES string of the molecule is O=C(O)C(C(=O)O)C(=O)Nc1ccccc1.[K+].[K+]. The molecule has 18 heavy (non-hydrogen) atoms. The van der Waals surface area contributed by atoms with Crippen molar-refractivity contribution >= 4 is 23.5 Å². The summed E-state index contributed by atoms with van der Waals surface area (Å²) in [6, 6.07) is 8.02. The number of benzene rings is 1. The van der Waals surface area contributed by atoms with Crippen LogP contribution in [0.2, 0.25) is 0 Å². The fourth-order valence-corrected chi connectivity index (χ4v) is 1.07. The largest absolute Gasteiger partial charge is 1.00 e. The van der Waals surface area contributed by atoms with E-state index in [1.165, 1.54) is 12.1 Å². The van der Waals surface area contributed by atoms with Crippen molar-refractivity contribution in [3.8, 4) is 0 Å². The number of carbonyl (C=O) groups excluding carboxylic acids is 1. The van der Waals surface area contributed by atoms with Crippen LogP contribution in [0, 0.1) is 5.92 Å². The van der Waals surface area contributed by atoms with E-state index >= 15 is 0 Å². The van der Waals surface area contributed by atoms with Gasteiger partial charge in [-0.15, -0.1) is 0 Å². The number of anilines is 1. The second-order valence-corrected chi connectivity index (χ2v) is 2.96. The first kappa shape index (κ1) is 21.2. The van der Waals surface area contributed by atoms with Crippen molar-refractivity contribution in [2.45, 2.75) is 0 Å². The summed E-state index contributed by atoms with van der Waals surface area (Å²) in [5.41, 5.74) is 0.347. The molecule has 1 amide bonds. The monoisotopic (exact) mass is 301 g/mol. The van der Waals surface area contributed by atoms with Gasteiger partial charge in [0, 0.05) is 5.69 Å². The van der Waals surface area contributed by atoms with E-state index in [2.05, 4.69) is 5.32 Å². The second kappa shape index (κ2) is 10.7. The maximum atomic E-state index is 11.3. The Morgan fingerprint density at radius 1 is 0.944 bits per heavy atom. The summed E-state index contributed by atoms with van der Waals surface area (Å²) in [7, 11) is 0. The molecule has 0 aliphatic carbocycles. The van der Waals surface area contributed by atoms with E-state index in [4.69, 9.17) is 10.2 Å². The molecule has 0 unspecified atom stereocenters. The first-order valence-corrected chi connectivity index (χ1v) is 4.34. The molecule has 1 aromatic carbocycles. The normalized spacial score (nSPS) is 8.72. The van der Waals surface area contributed by atoms with Gasteiger partial charge in [-0.05, 0) is 12.1 Å². The van der Waals surface area contributed by atoms with Crippen LogP contribution in [0.4, 0.5) is 5.69 Å². The Kier molecular flexibility index (Phi) is 12.6. The Labute approximate surface area is 188 Å². The van der Waals surface area contributed by atoms with Gasteiger partial charge in [0.2, 0.25) is 11.8 Å². The zero-order chi connectivity index (χ0) is 12.1. The average molecular weight is 301 g/mol. The third-order valence-electron chi connectivity index (χ3n) is 1.80. The Balaban J connectivity index is 0. The van der Waals surface area contributed by atoms with Gasteiger partial charge >= 0.3 is 115 Å². The predicted molar refractivity (Wildman–Crippen MR) is 53.8 cm³/mol. The van der Waals surface area contributed by atoms with Crippen LogP contribution in [-0.4, -0.2) is 28.1 Å². The Morgan fingerprint density at radius 2 is 1.39 bits per heavy atom. The van der Waals surface area contributed by atoms with Crippen molar-refractivity contribution in [3.05, 3.63) is 30.3 Å². The number of hydrogen-bond acceptors (Lipinski definition) is 3. The van der Waals surface area contributed by atoms with E-state index in [0.29, 0.717) is 5.69 Å². The van der Waals surface area contributed by atoms with Gasteiger partial charge in [0.15, 0.2) is 0 Å². The summed E-state index contributed by atoms with van der Waals surface area (Å²) in [5, 5.41) is 19.3. The predicted octanol–water partition coefficient (Wildman–Crippen LogP) is -5.58. The molecule has 0 aliphatic heterocycles. The summed E-state index contributed by atoms with van der Waals surface area (Å²) in [4.78, 5) is 32.4. The van der Waals surface area contributed by atoms with Crippen LogP contribution < -0.4 is 108 Å². The summed E-state index contributed by atoms with van der Waals surface area (Å²) < 4.78 is 0. The maximum Gasteiger partial charge on any atom is 1.00 e. The first-order chi connectivity index (χ1) is 7.52.